The van der Waals surface area contributed by atoms with E-state index in [-0.39, 0.29) is 37.8 Å². The molecule has 2 aromatic rings. The van der Waals surface area contributed by atoms with Gasteiger partial charge in [0.25, 0.3) is 17.7 Å². The number of amides is 1. The number of aliphatic hydroxyl groups is 1. The molecule has 4 bridgehead atoms. The number of allylic oxidation sites excluding steroid dienone is 1. The van der Waals surface area contributed by atoms with Crippen LogP contribution in [-0.2, 0) is 11.8 Å². The van der Waals surface area contributed by atoms with Gasteiger partial charge < -0.3 is 20.2 Å². The first-order chi connectivity index (χ1) is 18.4. The number of hydrogen-bond donors (Lipinski definition) is 2. The van der Waals surface area contributed by atoms with E-state index in [1.165, 1.54) is 4.90 Å². The number of nitrogens with two attached hydrogens (primary N) is 1. The van der Waals surface area contributed by atoms with Crippen LogP contribution >= 0.6 is 0 Å². The quantitative estimate of drug-likeness (QED) is 0.314. The molecule has 14 heteroatoms. The van der Waals surface area contributed by atoms with Crippen LogP contribution in [0.2, 0.25) is 0 Å². The van der Waals surface area contributed by atoms with Crippen molar-refractivity contribution in [1.29, 1.82) is 0 Å². The maximum absolute atomic E-state index is 13.9. The van der Waals surface area contributed by atoms with Gasteiger partial charge in [-0.1, -0.05) is 33.3 Å². The fourth-order valence-electron chi connectivity index (χ4n) is 4.06. The van der Waals surface area contributed by atoms with Crippen molar-refractivity contribution in [3.05, 3.63) is 35.9 Å². The van der Waals surface area contributed by atoms with E-state index < -0.39 is 64.7 Å². The van der Waals surface area contributed by atoms with E-state index in [9.17, 15) is 36.2 Å². The van der Waals surface area contributed by atoms with Crippen LogP contribution in [0.15, 0.2) is 23.1 Å². The Morgan fingerprint density at radius 3 is 2.30 bits per heavy atom. The molecule has 3 rings (SSSR count). The lowest BCUT2D eigenvalue weighted by molar-refractivity contribution is -0.277. The molecule has 0 saturated heterocycles. The lowest BCUT2D eigenvalue weighted by Gasteiger charge is -2.28. The number of hydrogen-bond acceptors (Lipinski definition) is 7. The van der Waals surface area contributed by atoms with Gasteiger partial charge in [-0.2, -0.15) is 26.3 Å². The molecular weight excluding hydrogens is 544 g/mol. The fourth-order valence-corrected chi connectivity index (χ4v) is 4.06. The standard InChI is InChI=1S/C23H29F6N5O3.C3H6/c1-20(2,3)8-7-11-34-10-6-4-5-9-21(36,23(27,28)29)19-33-32-17(37-19)16-14(30)12-13(22(24,25)26)15(31-16)18(34)35;1-3-2/h12,36H,4-11,30H2,1-3H3;3H,1H2,2H3. The van der Waals surface area contributed by atoms with Gasteiger partial charge in [-0.05, 0) is 50.5 Å². The number of anilines is 1. The Balaban J connectivity index is 0.00000178. The summed E-state index contributed by atoms with van der Waals surface area (Å²) in [4.78, 5) is 18.4. The zero-order valence-corrected chi connectivity index (χ0v) is 22.9. The minimum Gasteiger partial charge on any atom is -0.416 e. The van der Waals surface area contributed by atoms with Crippen LogP contribution in [0.4, 0.5) is 32.0 Å². The fraction of sp³-hybridized carbons (Fsp3) is 0.615. The van der Waals surface area contributed by atoms with E-state index in [0.717, 1.165) is 0 Å². The average Bonchev–Trinajstić information content (AvgIpc) is 3.30. The molecule has 1 atom stereocenters. The molecule has 3 heterocycles. The van der Waals surface area contributed by atoms with E-state index in [1.807, 2.05) is 27.7 Å². The lowest BCUT2D eigenvalue weighted by atomic mass is 9.90. The highest BCUT2D eigenvalue weighted by Gasteiger charge is 2.58. The summed E-state index contributed by atoms with van der Waals surface area (Å²) < 4.78 is 88.1. The highest BCUT2D eigenvalue weighted by atomic mass is 19.4. The van der Waals surface area contributed by atoms with Crippen molar-refractivity contribution in [1.82, 2.24) is 20.1 Å². The Morgan fingerprint density at radius 1 is 1.12 bits per heavy atom. The number of fused-ring (bicyclic) bond motifs is 5. The van der Waals surface area contributed by atoms with Gasteiger partial charge in [-0.3, -0.25) is 4.79 Å². The second-order valence-electron chi connectivity index (χ2n) is 10.8. The topological polar surface area (TPSA) is 118 Å². The van der Waals surface area contributed by atoms with Gasteiger partial charge in [0.1, 0.15) is 5.69 Å². The normalized spacial score (nSPS) is 19.0. The van der Waals surface area contributed by atoms with E-state index in [0.29, 0.717) is 18.9 Å². The Bertz CT molecular complexity index is 1170. The summed E-state index contributed by atoms with van der Waals surface area (Å²) in [6, 6.07) is 0.467. The SMILES string of the molecule is C=CC.CC(C)(C)CCCN1CCCCCC(O)(C(F)(F)F)c2nnc(o2)-c2nc(c(C(F)(F)F)cc2N)C1=O. The Hall–Kier alpha value is -3.16. The second-order valence-corrected chi connectivity index (χ2v) is 10.8. The van der Waals surface area contributed by atoms with Crippen molar-refractivity contribution >= 4 is 11.6 Å². The highest BCUT2D eigenvalue weighted by molar-refractivity contribution is 5.95. The number of aromatic nitrogens is 3. The summed E-state index contributed by atoms with van der Waals surface area (Å²) in [5, 5.41) is 17.2. The monoisotopic (exact) mass is 579 g/mol. The van der Waals surface area contributed by atoms with Crippen LogP contribution in [0.5, 0.6) is 0 Å². The van der Waals surface area contributed by atoms with Gasteiger partial charge in [0.2, 0.25) is 5.60 Å². The van der Waals surface area contributed by atoms with E-state index in [1.54, 1.807) is 6.08 Å². The predicted molar refractivity (Wildman–Crippen MR) is 136 cm³/mol. The highest BCUT2D eigenvalue weighted by Crippen LogP contribution is 2.43. The van der Waals surface area contributed by atoms with Crippen molar-refractivity contribution in [3.63, 3.8) is 0 Å². The first-order valence-corrected chi connectivity index (χ1v) is 12.7. The maximum atomic E-state index is 13.9. The van der Waals surface area contributed by atoms with Gasteiger partial charge in [0.15, 0.2) is 5.69 Å². The molecule has 3 N–H and O–H groups in total. The average molecular weight is 580 g/mol. The summed E-state index contributed by atoms with van der Waals surface area (Å²) in [6.07, 6.45) is -7.85. The third-order valence-electron chi connectivity index (χ3n) is 6.12. The number of halogens is 6. The molecule has 0 radical (unpaired) electrons. The van der Waals surface area contributed by atoms with E-state index in [2.05, 4.69) is 21.8 Å². The van der Waals surface area contributed by atoms with E-state index in [4.69, 9.17) is 10.2 Å². The Labute approximate surface area is 228 Å². The van der Waals surface area contributed by atoms with Crippen LogP contribution in [0.25, 0.3) is 11.6 Å². The molecular formula is C26H35F6N5O3. The van der Waals surface area contributed by atoms with Crippen molar-refractivity contribution in [2.75, 3.05) is 18.8 Å². The Kier molecular flexibility index (Phi) is 10.4. The summed E-state index contributed by atoms with van der Waals surface area (Å²) in [5.74, 6) is -2.94. The van der Waals surface area contributed by atoms with Gasteiger partial charge in [-0.25, -0.2) is 4.98 Å². The molecule has 1 aliphatic heterocycles. The molecule has 2 aromatic heterocycles. The minimum absolute atomic E-state index is 0.00942. The third-order valence-corrected chi connectivity index (χ3v) is 6.12. The minimum atomic E-state index is -5.17. The number of carbonyl (C=O) groups is 1. The largest absolute Gasteiger partial charge is 0.426 e. The van der Waals surface area contributed by atoms with Crippen LogP contribution in [0, 0.1) is 5.41 Å². The third kappa shape index (κ3) is 7.95. The van der Waals surface area contributed by atoms with Crippen LogP contribution < -0.4 is 5.73 Å². The summed E-state index contributed by atoms with van der Waals surface area (Å²) in [5.41, 5.74) is -1.43. The van der Waals surface area contributed by atoms with Gasteiger partial charge in [0.05, 0.1) is 11.3 Å². The van der Waals surface area contributed by atoms with Crippen LogP contribution in [0.3, 0.4) is 0 Å². The van der Waals surface area contributed by atoms with Crippen LogP contribution in [-0.4, -0.2) is 50.4 Å². The molecule has 8 nitrogen and oxygen atoms in total. The maximum Gasteiger partial charge on any atom is 0.426 e. The zero-order chi connectivity index (χ0) is 30.5. The number of rotatable bonds is 3. The molecule has 0 spiro atoms. The lowest BCUT2D eigenvalue weighted by Crippen LogP contribution is -2.42. The molecule has 224 valence electrons. The molecule has 0 aromatic carbocycles. The number of nitrogen functional groups attached to an aromatic ring is 1. The molecule has 40 heavy (non-hydrogen) atoms. The molecule has 0 aliphatic carbocycles. The number of carbonyl (C=O) groups excluding carboxylic acids is 1. The predicted octanol–water partition coefficient (Wildman–Crippen LogP) is 6.52. The number of alkyl halides is 6. The zero-order valence-electron chi connectivity index (χ0n) is 22.9. The Morgan fingerprint density at radius 2 is 1.75 bits per heavy atom. The summed E-state index contributed by atoms with van der Waals surface area (Å²) >= 11 is 0. The molecule has 1 unspecified atom stereocenters. The van der Waals surface area contributed by atoms with Crippen molar-refractivity contribution in [2.45, 2.75) is 84.2 Å². The summed E-state index contributed by atoms with van der Waals surface area (Å²) in [6.45, 7) is 11.3. The van der Waals surface area contributed by atoms with E-state index >= 15 is 0 Å². The van der Waals surface area contributed by atoms with Crippen molar-refractivity contribution in [3.8, 4) is 11.6 Å². The van der Waals surface area contributed by atoms with Crippen molar-refractivity contribution < 1.29 is 40.7 Å². The van der Waals surface area contributed by atoms with Gasteiger partial charge in [0, 0.05) is 13.1 Å². The molecule has 1 amide bonds. The smallest absolute Gasteiger partial charge is 0.416 e. The van der Waals surface area contributed by atoms with Crippen molar-refractivity contribution in [2.24, 2.45) is 5.41 Å². The number of nitrogens with zero attached hydrogens (tertiary/aromatic N) is 4. The summed E-state index contributed by atoms with van der Waals surface area (Å²) in [7, 11) is 0. The molecule has 0 fully saturated rings. The second kappa shape index (κ2) is 12.6. The first kappa shape index (κ1) is 33.0. The van der Waals surface area contributed by atoms with Gasteiger partial charge >= 0.3 is 12.4 Å². The van der Waals surface area contributed by atoms with Crippen LogP contribution in [0.1, 0.15) is 88.2 Å². The number of pyridine rings is 1. The first-order valence-electron chi connectivity index (χ1n) is 12.7. The van der Waals surface area contributed by atoms with Gasteiger partial charge in [-0.15, -0.1) is 16.8 Å². The molecule has 0 saturated carbocycles. The molecule has 1 aliphatic rings.